The summed E-state index contributed by atoms with van der Waals surface area (Å²) in [6, 6.07) is 6.19. The first-order valence-corrected chi connectivity index (χ1v) is 12.8. The van der Waals surface area contributed by atoms with E-state index in [9.17, 15) is 0 Å². The van der Waals surface area contributed by atoms with Gasteiger partial charge in [-0.05, 0) is 59.4 Å². The van der Waals surface area contributed by atoms with Gasteiger partial charge >= 0.3 is 0 Å². The van der Waals surface area contributed by atoms with Gasteiger partial charge in [-0.25, -0.2) is 9.67 Å². The average molecular weight is 536 g/mol. The fraction of sp³-hybridized carbons (Fsp3) is 0.393. The number of anilines is 1. The number of fused-ring (bicyclic) bond motifs is 1. The van der Waals surface area contributed by atoms with Crippen LogP contribution in [0.4, 0.5) is 11.6 Å². The van der Waals surface area contributed by atoms with Gasteiger partial charge < -0.3 is 25.0 Å². The summed E-state index contributed by atoms with van der Waals surface area (Å²) >= 11 is 0. The van der Waals surface area contributed by atoms with Crippen molar-refractivity contribution in [2.45, 2.75) is 53.0 Å². The smallest absolute Gasteiger partial charge is 0.290 e. The van der Waals surface area contributed by atoms with Gasteiger partial charge in [0.2, 0.25) is 0 Å². The minimum absolute atomic E-state index is 0.250. The monoisotopic (exact) mass is 535 g/mol. The van der Waals surface area contributed by atoms with Gasteiger partial charge in [0, 0.05) is 47.1 Å². The first kappa shape index (κ1) is 29.2. The number of aliphatic imine (C=N–C) groups is 2. The lowest BCUT2D eigenvalue weighted by molar-refractivity contribution is -0.122. The number of aromatic amines is 1. The summed E-state index contributed by atoms with van der Waals surface area (Å²) in [5.41, 5.74) is 5.43. The van der Waals surface area contributed by atoms with Gasteiger partial charge in [0.25, 0.3) is 6.47 Å². The normalized spacial score (nSPS) is 14.1. The number of ether oxygens (including phenoxy) is 1. The zero-order valence-electron chi connectivity index (χ0n) is 23.4. The molecule has 1 saturated carbocycles. The number of amidine groups is 1. The second-order valence-electron chi connectivity index (χ2n) is 8.76. The maximum atomic E-state index is 8.36. The van der Waals surface area contributed by atoms with E-state index in [2.05, 4.69) is 40.2 Å². The number of benzene rings is 1. The van der Waals surface area contributed by atoms with Crippen molar-refractivity contribution in [3.63, 3.8) is 0 Å². The molecule has 208 valence electrons. The summed E-state index contributed by atoms with van der Waals surface area (Å²) in [5, 5.41) is 20.3. The highest BCUT2D eigenvalue weighted by Crippen LogP contribution is 2.41. The maximum Gasteiger partial charge on any atom is 0.290 e. The van der Waals surface area contributed by atoms with Crippen LogP contribution in [0, 0.1) is 0 Å². The molecule has 3 aromatic rings. The number of hydrogen-bond acceptors (Lipinski definition) is 7. The van der Waals surface area contributed by atoms with E-state index in [1.807, 2.05) is 43.7 Å². The lowest BCUT2D eigenvalue weighted by Crippen LogP contribution is -2.17. The number of methoxy groups -OCH3 is 1. The minimum Gasteiger partial charge on any atom is -0.496 e. The van der Waals surface area contributed by atoms with Crippen molar-refractivity contribution in [3.8, 4) is 5.75 Å². The van der Waals surface area contributed by atoms with Crippen LogP contribution in [-0.2, 0) is 16.2 Å². The fourth-order valence-electron chi connectivity index (χ4n) is 4.51. The first-order valence-electron chi connectivity index (χ1n) is 12.8. The van der Waals surface area contributed by atoms with E-state index < -0.39 is 0 Å². The summed E-state index contributed by atoms with van der Waals surface area (Å²) < 4.78 is 7.81. The largest absolute Gasteiger partial charge is 0.496 e. The van der Waals surface area contributed by atoms with Crippen molar-refractivity contribution in [1.82, 2.24) is 14.8 Å². The zero-order chi connectivity index (χ0) is 28.5. The van der Waals surface area contributed by atoms with E-state index in [0.29, 0.717) is 29.9 Å². The topological polar surface area (TPSA) is 138 Å². The first-order chi connectivity index (χ1) is 18.9. The zero-order valence-corrected chi connectivity index (χ0v) is 23.4. The molecular formula is C28H37N7O4. The maximum absolute atomic E-state index is 8.36. The number of allylic oxidation sites excluding steroid dienone is 2. The average Bonchev–Trinajstić information content (AvgIpc) is 3.60. The SMILES string of the molecule is C=Nc1[nH]c2cc(C(=C\C)/C(C)=N\OC)c(OC)cc2c1C(=NCC)Nc1cc(C2CC2)nn1CC.O=CO. The Labute approximate surface area is 228 Å². The Morgan fingerprint density at radius 2 is 2.03 bits per heavy atom. The van der Waals surface area contributed by atoms with Gasteiger partial charge in [0.15, 0.2) is 0 Å². The Morgan fingerprint density at radius 3 is 2.56 bits per heavy atom. The molecule has 0 aliphatic heterocycles. The fourth-order valence-corrected chi connectivity index (χ4v) is 4.51. The molecule has 0 atom stereocenters. The Kier molecular flexibility index (Phi) is 10.0. The number of oxime groups is 1. The molecule has 0 saturated heterocycles. The second-order valence-corrected chi connectivity index (χ2v) is 8.76. The molecule has 0 bridgehead atoms. The summed E-state index contributed by atoms with van der Waals surface area (Å²) in [4.78, 5) is 25.9. The number of carboxylic acid groups (broad SMARTS) is 1. The van der Waals surface area contributed by atoms with Gasteiger partial charge in [-0.15, -0.1) is 0 Å². The van der Waals surface area contributed by atoms with E-state index in [4.69, 9.17) is 29.6 Å². The third-order valence-corrected chi connectivity index (χ3v) is 6.35. The third kappa shape index (κ3) is 6.36. The minimum atomic E-state index is -0.250. The van der Waals surface area contributed by atoms with Crippen molar-refractivity contribution in [3.05, 3.63) is 41.1 Å². The Morgan fingerprint density at radius 1 is 1.31 bits per heavy atom. The van der Waals surface area contributed by atoms with Gasteiger partial charge in [0.05, 0.1) is 24.1 Å². The summed E-state index contributed by atoms with van der Waals surface area (Å²) in [7, 11) is 3.20. The van der Waals surface area contributed by atoms with Crippen molar-refractivity contribution in [2.75, 3.05) is 26.1 Å². The number of carbonyl (C=O) groups is 1. The molecule has 0 amide bonds. The molecule has 2 heterocycles. The summed E-state index contributed by atoms with van der Waals surface area (Å²) in [6.45, 7) is 12.9. The summed E-state index contributed by atoms with van der Waals surface area (Å²) in [5.74, 6) is 3.54. The van der Waals surface area contributed by atoms with Crippen LogP contribution in [0.25, 0.3) is 16.5 Å². The lowest BCUT2D eigenvalue weighted by Gasteiger charge is -2.14. The van der Waals surface area contributed by atoms with Crippen molar-refractivity contribution < 1.29 is 19.5 Å². The van der Waals surface area contributed by atoms with Crippen molar-refractivity contribution in [2.24, 2.45) is 15.1 Å². The molecule has 3 N–H and O–H groups in total. The van der Waals surface area contributed by atoms with E-state index in [-0.39, 0.29) is 6.47 Å². The van der Waals surface area contributed by atoms with Gasteiger partial charge in [0.1, 0.15) is 30.3 Å². The highest BCUT2D eigenvalue weighted by Gasteiger charge is 2.28. The Bertz CT molecular complexity index is 1410. The van der Waals surface area contributed by atoms with Crippen LogP contribution in [0.3, 0.4) is 0 Å². The van der Waals surface area contributed by atoms with Crippen LogP contribution in [0.15, 0.2) is 39.4 Å². The van der Waals surface area contributed by atoms with Gasteiger partial charge in [-0.1, -0.05) is 11.2 Å². The number of aromatic nitrogens is 3. The standard InChI is InChI=1S/C27H35N7O2.CH2O2/c1-8-18(16(4)33-36-7)19-13-22-20(14-23(19)35-6)25(26(28-5)30-22)27(29-9-2)31-24-15-21(17-11-12-17)32-34(24)10-3;2-1-3/h8,13-15,17,30H,5,9-12H2,1-4,6-7H3,(H,29,31);1H,(H,2,3)/b18-8-,33-16-;. The van der Waals surface area contributed by atoms with Crippen LogP contribution in [0.2, 0.25) is 0 Å². The van der Waals surface area contributed by atoms with Crippen LogP contribution >= 0.6 is 0 Å². The predicted molar refractivity (Wildman–Crippen MR) is 157 cm³/mol. The van der Waals surface area contributed by atoms with E-state index in [0.717, 1.165) is 51.4 Å². The molecular weight excluding hydrogens is 498 g/mol. The van der Waals surface area contributed by atoms with E-state index in [1.165, 1.54) is 20.0 Å². The molecule has 1 aliphatic rings. The summed E-state index contributed by atoms with van der Waals surface area (Å²) in [6.07, 6.45) is 4.40. The number of nitrogens with one attached hydrogen (secondary N) is 2. The quantitative estimate of drug-likeness (QED) is 0.134. The number of H-pyrrole nitrogens is 1. The molecule has 0 spiro atoms. The molecule has 4 rings (SSSR count). The van der Waals surface area contributed by atoms with Gasteiger partial charge in [-0.2, -0.15) is 5.10 Å². The molecule has 11 heteroatoms. The van der Waals surface area contributed by atoms with Crippen LogP contribution in [0.1, 0.15) is 63.3 Å². The second kappa shape index (κ2) is 13.4. The Hall–Kier alpha value is -4.41. The molecule has 2 aromatic heterocycles. The van der Waals surface area contributed by atoms with Crippen molar-refractivity contribution in [1.29, 1.82) is 0 Å². The highest BCUT2D eigenvalue weighted by molar-refractivity contribution is 6.24. The number of nitrogens with zero attached hydrogens (tertiary/aromatic N) is 5. The molecule has 1 aromatic carbocycles. The molecule has 0 unspecified atom stereocenters. The predicted octanol–water partition coefficient (Wildman–Crippen LogP) is 5.61. The van der Waals surface area contributed by atoms with E-state index in [1.54, 1.807) is 7.11 Å². The Balaban J connectivity index is 0.00000134. The number of rotatable bonds is 10. The van der Waals surface area contributed by atoms with Crippen LogP contribution in [-0.4, -0.2) is 65.4 Å². The van der Waals surface area contributed by atoms with Gasteiger partial charge in [-0.3, -0.25) is 9.79 Å². The molecule has 0 radical (unpaired) electrons. The van der Waals surface area contributed by atoms with Crippen molar-refractivity contribution >= 4 is 52.8 Å². The highest BCUT2D eigenvalue weighted by atomic mass is 16.6. The number of hydrogen-bond donors (Lipinski definition) is 3. The van der Waals surface area contributed by atoms with Crippen LogP contribution in [0.5, 0.6) is 5.75 Å². The van der Waals surface area contributed by atoms with E-state index >= 15 is 0 Å². The molecule has 39 heavy (non-hydrogen) atoms. The number of aryl methyl sites for hydroxylation is 1. The van der Waals surface area contributed by atoms with Crippen LogP contribution < -0.4 is 10.1 Å². The third-order valence-electron chi connectivity index (χ3n) is 6.35. The molecule has 1 aliphatic carbocycles. The molecule has 11 nitrogen and oxygen atoms in total. The molecule has 1 fully saturated rings. The lowest BCUT2D eigenvalue weighted by atomic mass is 9.98.